The van der Waals surface area contributed by atoms with Crippen molar-refractivity contribution in [1.82, 2.24) is 10.3 Å². The van der Waals surface area contributed by atoms with Crippen LogP contribution in [0, 0.1) is 6.92 Å². The summed E-state index contributed by atoms with van der Waals surface area (Å²) in [6, 6.07) is 9.88. The maximum Gasteiger partial charge on any atom is 0.263 e. The van der Waals surface area contributed by atoms with Gasteiger partial charge in [-0.25, -0.2) is 4.98 Å². The number of rotatable bonds is 6. The summed E-state index contributed by atoms with van der Waals surface area (Å²) in [5, 5.41) is 3.94. The van der Waals surface area contributed by atoms with Gasteiger partial charge >= 0.3 is 0 Å². The molecule has 1 unspecified atom stereocenters. The third-order valence-corrected chi connectivity index (χ3v) is 4.87. The predicted molar refractivity (Wildman–Crippen MR) is 89.5 cm³/mol. The minimum absolute atomic E-state index is 0.0834. The molecule has 0 aliphatic rings. The zero-order chi connectivity index (χ0) is 16.1. The van der Waals surface area contributed by atoms with E-state index in [0.717, 1.165) is 16.3 Å². The maximum atomic E-state index is 12.4. The summed E-state index contributed by atoms with van der Waals surface area (Å²) in [7, 11) is 1.65. The Kier molecular flexibility index (Phi) is 5.69. The lowest BCUT2D eigenvalue weighted by Crippen LogP contribution is -2.29. The van der Waals surface area contributed by atoms with E-state index in [4.69, 9.17) is 4.74 Å². The van der Waals surface area contributed by atoms with Crippen molar-refractivity contribution in [2.24, 2.45) is 0 Å². The molecule has 1 aromatic carbocycles. The number of benzene rings is 1. The van der Waals surface area contributed by atoms with Gasteiger partial charge < -0.3 is 10.1 Å². The first-order valence-corrected chi connectivity index (χ1v) is 8.17. The maximum absolute atomic E-state index is 12.4. The molecular weight excluding hydrogens is 296 g/mol. The summed E-state index contributed by atoms with van der Waals surface area (Å²) in [5.74, 6) is 0.251. The second-order valence-electron chi connectivity index (χ2n) is 5.47. The van der Waals surface area contributed by atoms with E-state index in [2.05, 4.69) is 24.1 Å². The fraction of sp³-hybridized carbons (Fsp3) is 0.412. The molecule has 0 aliphatic carbocycles. The summed E-state index contributed by atoms with van der Waals surface area (Å²) in [4.78, 5) is 17.5. The highest BCUT2D eigenvalue weighted by Gasteiger charge is 2.18. The number of nitrogens with one attached hydrogen (secondary N) is 1. The Morgan fingerprint density at radius 3 is 2.55 bits per heavy atom. The number of carbonyl (C=O) groups is 1. The van der Waals surface area contributed by atoms with Crippen LogP contribution in [-0.4, -0.2) is 24.5 Å². The van der Waals surface area contributed by atoms with Crippen molar-refractivity contribution in [2.75, 3.05) is 13.7 Å². The van der Waals surface area contributed by atoms with Gasteiger partial charge in [0.2, 0.25) is 0 Å². The highest BCUT2D eigenvalue weighted by molar-refractivity contribution is 7.13. The van der Waals surface area contributed by atoms with Crippen LogP contribution in [0.5, 0.6) is 0 Å². The molecule has 2 rings (SSSR count). The van der Waals surface area contributed by atoms with E-state index in [1.165, 1.54) is 11.3 Å². The van der Waals surface area contributed by atoms with Gasteiger partial charge in [0.25, 0.3) is 5.91 Å². The lowest BCUT2D eigenvalue weighted by atomic mass is 10.1. The predicted octanol–water partition coefficient (Wildman–Crippen LogP) is 3.69. The topological polar surface area (TPSA) is 51.2 Å². The van der Waals surface area contributed by atoms with Gasteiger partial charge in [-0.15, -0.1) is 11.3 Å². The van der Waals surface area contributed by atoms with E-state index >= 15 is 0 Å². The van der Waals surface area contributed by atoms with Crippen LogP contribution < -0.4 is 5.32 Å². The number of methoxy groups -OCH3 is 1. The molecule has 0 aliphatic heterocycles. The van der Waals surface area contributed by atoms with Gasteiger partial charge in [0.1, 0.15) is 4.88 Å². The Bertz CT molecular complexity index is 623. The number of hydrogen-bond acceptors (Lipinski definition) is 4. The first-order valence-electron chi connectivity index (χ1n) is 7.36. The van der Waals surface area contributed by atoms with E-state index in [9.17, 15) is 4.79 Å². The number of hydrogen-bond donors (Lipinski definition) is 1. The van der Waals surface area contributed by atoms with Crippen LogP contribution in [0.3, 0.4) is 0 Å². The van der Waals surface area contributed by atoms with Crippen LogP contribution in [-0.2, 0) is 4.74 Å². The molecule has 4 nitrogen and oxygen atoms in total. The van der Waals surface area contributed by atoms with Crippen LogP contribution >= 0.6 is 11.3 Å². The van der Waals surface area contributed by atoms with Crippen LogP contribution in [0.4, 0.5) is 0 Å². The molecule has 0 fully saturated rings. The number of ether oxygens (including phenoxy) is 1. The zero-order valence-electron chi connectivity index (χ0n) is 13.4. The van der Waals surface area contributed by atoms with Gasteiger partial charge in [-0.2, -0.15) is 0 Å². The van der Waals surface area contributed by atoms with Crippen LogP contribution in [0.1, 0.15) is 51.8 Å². The molecule has 1 heterocycles. The molecule has 5 heteroatoms. The van der Waals surface area contributed by atoms with Crippen molar-refractivity contribution in [1.29, 1.82) is 0 Å². The van der Waals surface area contributed by atoms with Gasteiger partial charge in [-0.3, -0.25) is 4.79 Å². The third-order valence-electron chi connectivity index (χ3n) is 3.42. The molecule has 1 N–H and O–H groups in total. The van der Waals surface area contributed by atoms with Crippen LogP contribution in [0.2, 0.25) is 0 Å². The summed E-state index contributed by atoms with van der Waals surface area (Å²) >= 11 is 1.47. The Hall–Kier alpha value is -1.72. The molecule has 0 saturated heterocycles. The van der Waals surface area contributed by atoms with Crippen molar-refractivity contribution in [3.63, 3.8) is 0 Å². The number of thiazole rings is 1. The Labute approximate surface area is 135 Å². The normalized spacial score (nSPS) is 12.4. The lowest BCUT2D eigenvalue weighted by Gasteiger charge is -2.16. The van der Waals surface area contributed by atoms with Crippen molar-refractivity contribution < 1.29 is 9.53 Å². The Morgan fingerprint density at radius 2 is 2.00 bits per heavy atom. The van der Waals surface area contributed by atoms with Crippen LogP contribution in [0.15, 0.2) is 30.3 Å². The second kappa shape index (κ2) is 7.51. The molecule has 0 bridgehead atoms. The minimum atomic E-state index is -0.150. The molecule has 0 spiro atoms. The van der Waals surface area contributed by atoms with E-state index in [0.29, 0.717) is 17.3 Å². The van der Waals surface area contributed by atoms with E-state index in [1.54, 1.807) is 7.11 Å². The van der Waals surface area contributed by atoms with E-state index in [1.807, 2.05) is 37.3 Å². The lowest BCUT2D eigenvalue weighted by molar-refractivity contribution is 0.0830. The molecule has 1 amide bonds. The Balaban J connectivity index is 2.03. The third kappa shape index (κ3) is 3.93. The fourth-order valence-corrected chi connectivity index (χ4v) is 3.13. The highest BCUT2D eigenvalue weighted by atomic mass is 32.1. The summed E-state index contributed by atoms with van der Waals surface area (Å²) in [5.41, 5.74) is 1.84. The minimum Gasteiger partial charge on any atom is -0.375 e. The van der Waals surface area contributed by atoms with E-state index in [-0.39, 0.29) is 12.0 Å². The number of aromatic nitrogens is 1. The monoisotopic (exact) mass is 318 g/mol. The molecular formula is C17H22N2O2S. The smallest absolute Gasteiger partial charge is 0.263 e. The van der Waals surface area contributed by atoms with Gasteiger partial charge in [0.05, 0.1) is 16.8 Å². The second-order valence-corrected chi connectivity index (χ2v) is 6.50. The average molecular weight is 318 g/mol. The number of nitrogens with zero attached hydrogens (tertiary/aromatic N) is 1. The Morgan fingerprint density at radius 1 is 1.32 bits per heavy atom. The van der Waals surface area contributed by atoms with Gasteiger partial charge in [0, 0.05) is 19.6 Å². The summed E-state index contributed by atoms with van der Waals surface area (Å²) in [6.07, 6.45) is -0.150. The fourth-order valence-electron chi connectivity index (χ4n) is 2.15. The zero-order valence-corrected chi connectivity index (χ0v) is 14.2. The first-order chi connectivity index (χ1) is 10.5. The molecule has 0 saturated carbocycles. The number of carbonyl (C=O) groups excluding carboxylic acids is 1. The largest absolute Gasteiger partial charge is 0.375 e. The highest BCUT2D eigenvalue weighted by Crippen LogP contribution is 2.24. The molecule has 22 heavy (non-hydrogen) atoms. The quantitative estimate of drug-likeness (QED) is 0.883. The molecule has 118 valence electrons. The van der Waals surface area contributed by atoms with Crippen molar-refractivity contribution in [3.05, 3.63) is 51.5 Å². The standard InChI is InChI=1S/C17H22N2O2S/c1-11(2)17-19-12(3)15(22-17)16(20)18-10-14(21-4)13-8-6-5-7-9-13/h5-9,11,14H,10H2,1-4H3,(H,18,20). The van der Waals surface area contributed by atoms with Crippen LogP contribution in [0.25, 0.3) is 0 Å². The van der Waals surface area contributed by atoms with Crippen molar-refractivity contribution >= 4 is 17.2 Å². The van der Waals surface area contributed by atoms with Crippen molar-refractivity contribution in [2.45, 2.75) is 32.8 Å². The van der Waals surface area contributed by atoms with Crippen molar-refractivity contribution in [3.8, 4) is 0 Å². The summed E-state index contributed by atoms with van der Waals surface area (Å²) < 4.78 is 5.47. The molecule has 1 atom stereocenters. The first kappa shape index (κ1) is 16.6. The summed E-state index contributed by atoms with van der Waals surface area (Å²) in [6.45, 7) is 6.47. The van der Waals surface area contributed by atoms with E-state index < -0.39 is 0 Å². The van der Waals surface area contributed by atoms with Gasteiger partial charge in [-0.05, 0) is 12.5 Å². The SMILES string of the molecule is COC(CNC(=O)c1sc(C(C)C)nc1C)c1ccccc1. The average Bonchev–Trinajstić information content (AvgIpc) is 2.91. The molecule has 1 aromatic heterocycles. The molecule has 2 aromatic rings. The van der Waals surface area contributed by atoms with Gasteiger partial charge in [0.15, 0.2) is 0 Å². The molecule has 0 radical (unpaired) electrons. The number of aryl methyl sites for hydroxylation is 1. The number of amides is 1. The van der Waals surface area contributed by atoms with Gasteiger partial charge in [-0.1, -0.05) is 44.2 Å².